The lowest BCUT2D eigenvalue weighted by molar-refractivity contribution is -0.143. The van der Waals surface area contributed by atoms with Gasteiger partial charge in [0.25, 0.3) is 0 Å². The molecule has 1 saturated carbocycles. The monoisotopic (exact) mass is 361 g/mol. The number of likely N-dealkylation sites (tertiary alicyclic amines) is 1. The molecule has 3 rings (SSSR count). The Morgan fingerprint density at radius 2 is 1.69 bits per heavy atom. The fourth-order valence-corrected chi connectivity index (χ4v) is 4.32. The predicted molar refractivity (Wildman–Crippen MR) is 94.7 cm³/mol. The van der Waals surface area contributed by atoms with Crippen LogP contribution in [0.1, 0.15) is 46.0 Å². The van der Waals surface area contributed by atoms with E-state index >= 15 is 0 Å². The van der Waals surface area contributed by atoms with Crippen molar-refractivity contribution in [2.45, 2.75) is 52.0 Å². The minimum absolute atomic E-state index is 0.0375. The Morgan fingerprint density at radius 1 is 1.08 bits per heavy atom. The molecule has 0 unspecified atom stereocenters. The summed E-state index contributed by atoms with van der Waals surface area (Å²) in [6.07, 6.45) is 7.96. The maximum atomic E-state index is 12.4. The highest BCUT2D eigenvalue weighted by atomic mass is 16.2. The summed E-state index contributed by atoms with van der Waals surface area (Å²) in [5, 5.41) is 5.12. The molecule has 0 aromatic carbocycles. The van der Waals surface area contributed by atoms with Gasteiger partial charge in [-0.25, -0.2) is 4.79 Å². The van der Waals surface area contributed by atoms with Gasteiger partial charge in [0, 0.05) is 6.04 Å². The average molecular weight is 361 g/mol. The third kappa shape index (κ3) is 3.66. The lowest BCUT2D eigenvalue weighted by Crippen LogP contribution is -2.51. The Kier molecular flexibility index (Phi) is 5.44. The third-order valence-electron chi connectivity index (χ3n) is 6.18. The quantitative estimate of drug-likeness (QED) is 0.589. The summed E-state index contributed by atoms with van der Waals surface area (Å²) >= 11 is 0. The van der Waals surface area contributed by atoms with Crippen LogP contribution < -0.4 is 10.6 Å². The summed E-state index contributed by atoms with van der Waals surface area (Å²) in [6.45, 7) is 3.88. The molecule has 1 saturated heterocycles. The highest BCUT2D eigenvalue weighted by molar-refractivity contribution is 6.08. The van der Waals surface area contributed by atoms with Crippen molar-refractivity contribution < 1.29 is 19.2 Å². The molecule has 5 atom stereocenters. The number of amides is 5. The first-order chi connectivity index (χ1) is 12.4. The summed E-state index contributed by atoms with van der Waals surface area (Å²) in [5.74, 6) is -1.10. The van der Waals surface area contributed by atoms with Crippen molar-refractivity contribution >= 4 is 23.8 Å². The van der Waals surface area contributed by atoms with E-state index in [0.717, 1.165) is 24.2 Å². The van der Waals surface area contributed by atoms with Crippen LogP contribution in [0.25, 0.3) is 0 Å². The van der Waals surface area contributed by atoms with Crippen LogP contribution in [0, 0.1) is 23.7 Å². The third-order valence-corrected chi connectivity index (χ3v) is 6.18. The summed E-state index contributed by atoms with van der Waals surface area (Å²) in [5.41, 5.74) is 0. The molecule has 0 bridgehead atoms. The van der Waals surface area contributed by atoms with Crippen molar-refractivity contribution in [1.29, 1.82) is 0 Å². The number of rotatable bonds is 3. The fourth-order valence-electron chi connectivity index (χ4n) is 4.32. The van der Waals surface area contributed by atoms with Crippen LogP contribution in [0.3, 0.4) is 0 Å². The Morgan fingerprint density at radius 3 is 2.31 bits per heavy atom. The van der Waals surface area contributed by atoms with Gasteiger partial charge in [-0.3, -0.25) is 24.6 Å². The zero-order valence-corrected chi connectivity index (χ0v) is 15.4. The van der Waals surface area contributed by atoms with E-state index < -0.39 is 18.5 Å². The van der Waals surface area contributed by atoms with Crippen LogP contribution in [0.2, 0.25) is 0 Å². The van der Waals surface area contributed by atoms with Crippen molar-refractivity contribution in [2.75, 3.05) is 6.54 Å². The number of imide groups is 2. The van der Waals surface area contributed by atoms with Gasteiger partial charge in [0.1, 0.15) is 6.54 Å². The maximum Gasteiger partial charge on any atom is 0.321 e. The molecule has 0 aromatic heterocycles. The van der Waals surface area contributed by atoms with Gasteiger partial charge in [0.15, 0.2) is 0 Å². The molecule has 142 valence electrons. The van der Waals surface area contributed by atoms with Gasteiger partial charge in [-0.05, 0) is 31.1 Å². The molecule has 7 nitrogen and oxygen atoms in total. The van der Waals surface area contributed by atoms with E-state index in [1.807, 2.05) is 12.2 Å². The van der Waals surface area contributed by atoms with E-state index in [2.05, 4.69) is 24.5 Å². The van der Waals surface area contributed by atoms with Gasteiger partial charge >= 0.3 is 6.03 Å². The van der Waals surface area contributed by atoms with Gasteiger partial charge in [-0.2, -0.15) is 0 Å². The van der Waals surface area contributed by atoms with Crippen LogP contribution in [-0.2, 0) is 14.4 Å². The summed E-state index contributed by atoms with van der Waals surface area (Å²) < 4.78 is 0. The Bertz CT molecular complexity index is 619. The number of urea groups is 1. The standard InChI is InChI=1S/C19H27N3O4/c1-11-6-5-9-15(12(11)2)20-19(26)21-16(23)10-22-17(24)13-7-3-4-8-14(13)18(22)25/h3-4,11-15H,5-10H2,1-2H3,(H2,20,21,23,26)/t11-,12+,13-,14-,15+/m1/s1. The lowest BCUT2D eigenvalue weighted by Gasteiger charge is -2.34. The van der Waals surface area contributed by atoms with Crippen LogP contribution in [0.4, 0.5) is 4.79 Å². The van der Waals surface area contributed by atoms with Crippen molar-refractivity contribution in [3.8, 4) is 0 Å². The molecule has 1 aliphatic heterocycles. The molecule has 7 heteroatoms. The van der Waals surface area contributed by atoms with E-state index in [-0.39, 0.29) is 29.7 Å². The van der Waals surface area contributed by atoms with Gasteiger partial charge < -0.3 is 5.32 Å². The Balaban J connectivity index is 1.51. The highest BCUT2D eigenvalue weighted by Crippen LogP contribution is 2.34. The van der Waals surface area contributed by atoms with E-state index in [9.17, 15) is 19.2 Å². The van der Waals surface area contributed by atoms with Crippen molar-refractivity contribution in [1.82, 2.24) is 15.5 Å². The van der Waals surface area contributed by atoms with Gasteiger partial charge in [-0.15, -0.1) is 0 Å². The molecule has 1 heterocycles. The van der Waals surface area contributed by atoms with E-state index in [4.69, 9.17) is 0 Å². The fraction of sp³-hybridized carbons (Fsp3) is 0.684. The molecular formula is C19H27N3O4. The number of hydrogen-bond donors (Lipinski definition) is 2. The summed E-state index contributed by atoms with van der Waals surface area (Å²) in [7, 11) is 0. The first kappa shape index (κ1) is 18.6. The summed E-state index contributed by atoms with van der Waals surface area (Å²) in [4.78, 5) is 50.0. The van der Waals surface area contributed by atoms with E-state index in [1.165, 1.54) is 0 Å². The van der Waals surface area contributed by atoms with Crippen molar-refractivity contribution in [2.24, 2.45) is 23.7 Å². The summed E-state index contributed by atoms with van der Waals surface area (Å²) in [6, 6.07) is -0.519. The van der Waals surface area contributed by atoms with E-state index in [1.54, 1.807) is 0 Å². The van der Waals surface area contributed by atoms with Crippen LogP contribution in [-0.4, -0.2) is 41.2 Å². The number of allylic oxidation sites excluding steroid dienone is 2. The van der Waals surface area contributed by atoms with Gasteiger partial charge in [-0.1, -0.05) is 38.8 Å². The Labute approximate surface area is 153 Å². The molecule has 2 N–H and O–H groups in total. The highest BCUT2D eigenvalue weighted by Gasteiger charge is 2.47. The number of carbonyl (C=O) groups excluding carboxylic acids is 4. The smallest absolute Gasteiger partial charge is 0.321 e. The number of nitrogens with one attached hydrogen (secondary N) is 2. The normalized spacial score (nSPS) is 33.8. The molecule has 2 fully saturated rings. The minimum Gasteiger partial charge on any atom is -0.335 e. The topological polar surface area (TPSA) is 95.6 Å². The lowest BCUT2D eigenvalue weighted by atomic mass is 9.78. The van der Waals surface area contributed by atoms with Crippen molar-refractivity contribution in [3.63, 3.8) is 0 Å². The molecular weight excluding hydrogens is 334 g/mol. The Hall–Kier alpha value is -2.18. The second kappa shape index (κ2) is 7.60. The second-order valence-electron chi connectivity index (χ2n) is 7.81. The van der Waals surface area contributed by atoms with Crippen LogP contribution in [0.5, 0.6) is 0 Å². The molecule has 2 aliphatic carbocycles. The van der Waals surface area contributed by atoms with Crippen LogP contribution in [0.15, 0.2) is 12.2 Å². The van der Waals surface area contributed by atoms with Crippen LogP contribution >= 0.6 is 0 Å². The van der Waals surface area contributed by atoms with Gasteiger partial charge in [0.05, 0.1) is 11.8 Å². The number of nitrogens with zero attached hydrogens (tertiary/aromatic N) is 1. The number of fused-ring (bicyclic) bond motifs is 1. The zero-order valence-electron chi connectivity index (χ0n) is 15.4. The number of carbonyl (C=O) groups is 4. The van der Waals surface area contributed by atoms with Gasteiger partial charge in [0.2, 0.25) is 17.7 Å². The van der Waals surface area contributed by atoms with Crippen molar-refractivity contribution in [3.05, 3.63) is 12.2 Å². The zero-order chi connectivity index (χ0) is 18.8. The average Bonchev–Trinajstić information content (AvgIpc) is 2.84. The largest absolute Gasteiger partial charge is 0.335 e. The number of hydrogen-bond acceptors (Lipinski definition) is 4. The molecule has 26 heavy (non-hydrogen) atoms. The molecule has 0 radical (unpaired) electrons. The first-order valence-corrected chi connectivity index (χ1v) is 9.49. The molecule has 0 spiro atoms. The minimum atomic E-state index is -0.632. The molecule has 5 amide bonds. The van der Waals surface area contributed by atoms with E-state index in [0.29, 0.717) is 24.7 Å². The predicted octanol–water partition coefficient (Wildman–Crippen LogP) is 1.59. The SMILES string of the molecule is C[C@H]1[C@H](C)CCC[C@@H]1NC(=O)NC(=O)CN1C(=O)[C@@H]2CC=CC[C@H]2C1=O. The molecule has 0 aromatic rings. The first-order valence-electron chi connectivity index (χ1n) is 9.49. The second-order valence-corrected chi connectivity index (χ2v) is 7.81. The maximum absolute atomic E-state index is 12.4. The molecule has 3 aliphatic rings.